The topological polar surface area (TPSA) is 26.3 Å². The lowest BCUT2D eigenvalue weighted by Gasteiger charge is -2.03. The Hall–Kier alpha value is -1.77. The van der Waals surface area contributed by atoms with Crippen LogP contribution in [0.4, 0.5) is 0 Å². The Kier molecular flexibility index (Phi) is 4.83. The summed E-state index contributed by atoms with van der Waals surface area (Å²) in [6.07, 6.45) is 2.96. The van der Waals surface area contributed by atoms with Crippen LogP contribution in [0.3, 0.4) is 0 Å². The number of benzene rings is 2. The van der Waals surface area contributed by atoms with Gasteiger partial charge >= 0.3 is 5.97 Å². The molecule has 2 rings (SSSR count). The van der Waals surface area contributed by atoms with E-state index < -0.39 is 5.97 Å². The maximum Gasteiger partial charge on any atom is 0.336 e. The molecule has 0 unspecified atom stereocenters. The number of esters is 1. The van der Waals surface area contributed by atoms with E-state index in [0.29, 0.717) is 15.8 Å². The fraction of sp³-hybridized carbons (Fsp3) is 0.0625. The Bertz CT molecular complexity index is 663. The van der Waals surface area contributed by atoms with E-state index >= 15 is 0 Å². The number of carbonyl (C=O) groups is 1. The molecule has 0 saturated heterocycles. The summed E-state index contributed by atoms with van der Waals surface area (Å²) in [7, 11) is 0. The molecule has 20 heavy (non-hydrogen) atoms. The molecular formula is C16H12Cl2O2. The zero-order valence-electron chi connectivity index (χ0n) is 10.8. The number of hydrogen-bond donors (Lipinski definition) is 0. The Morgan fingerprint density at radius 2 is 1.85 bits per heavy atom. The molecule has 0 fully saturated rings. The van der Waals surface area contributed by atoms with Crippen LogP contribution in [0.2, 0.25) is 10.0 Å². The van der Waals surface area contributed by atoms with Crippen LogP contribution in [-0.4, -0.2) is 5.97 Å². The highest BCUT2D eigenvalue weighted by molar-refractivity contribution is 6.32. The first-order chi connectivity index (χ1) is 9.56. The molecule has 0 aliphatic carbocycles. The second-order valence-corrected chi connectivity index (χ2v) is 5.00. The highest BCUT2D eigenvalue weighted by Gasteiger charge is 2.03. The molecule has 0 heterocycles. The van der Waals surface area contributed by atoms with Crippen molar-refractivity contribution in [2.24, 2.45) is 0 Å². The molecule has 2 aromatic carbocycles. The van der Waals surface area contributed by atoms with Gasteiger partial charge in [-0.05, 0) is 48.4 Å². The van der Waals surface area contributed by atoms with Gasteiger partial charge in [0, 0.05) is 16.1 Å². The molecule has 0 radical (unpaired) electrons. The largest absolute Gasteiger partial charge is 0.423 e. The lowest BCUT2D eigenvalue weighted by Crippen LogP contribution is -2.03. The molecule has 0 spiro atoms. The molecular weight excluding hydrogens is 295 g/mol. The normalized spacial score (nSPS) is 10.8. The number of ether oxygens (including phenoxy) is 1. The van der Waals surface area contributed by atoms with Gasteiger partial charge in [-0.15, -0.1) is 0 Å². The second-order valence-electron chi connectivity index (χ2n) is 4.19. The van der Waals surface area contributed by atoms with Crippen molar-refractivity contribution in [3.05, 3.63) is 69.7 Å². The van der Waals surface area contributed by atoms with E-state index in [1.54, 1.807) is 30.3 Å². The summed E-state index contributed by atoms with van der Waals surface area (Å²) in [5, 5.41) is 1.22. The third-order valence-corrected chi connectivity index (χ3v) is 3.42. The quantitative estimate of drug-likeness (QED) is 0.457. The zero-order chi connectivity index (χ0) is 14.5. The van der Waals surface area contributed by atoms with E-state index in [4.69, 9.17) is 27.9 Å². The number of aryl methyl sites for hydroxylation is 1. The Morgan fingerprint density at radius 3 is 2.55 bits per heavy atom. The molecule has 2 aromatic rings. The molecule has 2 nitrogen and oxygen atoms in total. The Labute approximate surface area is 127 Å². The number of halogens is 2. The van der Waals surface area contributed by atoms with Crippen molar-refractivity contribution in [3.8, 4) is 5.75 Å². The van der Waals surface area contributed by atoms with Gasteiger partial charge in [0.05, 0.1) is 0 Å². The van der Waals surface area contributed by atoms with E-state index in [1.165, 1.54) is 6.08 Å². The first kappa shape index (κ1) is 14.6. The van der Waals surface area contributed by atoms with E-state index in [1.807, 2.05) is 25.1 Å². The van der Waals surface area contributed by atoms with Gasteiger partial charge in [0.15, 0.2) is 0 Å². The first-order valence-corrected chi connectivity index (χ1v) is 6.72. The number of hydrogen-bond acceptors (Lipinski definition) is 2. The average Bonchev–Trinajstić information content (AvgIpc) is 2.42. The molecule has 4 heteroatoms. The van der Waals surface area contributed by atoms with E-state index in [0.717, 1.165) is 11.1 Å². The summed E-state index contributed by atoms with van der Waals surface area (Å²) in [6.45, 7) is 1.85. The highest BCUT2D eigenvalue weighted by atomic mass is 35.5. The summed E-state index contributed by atoms with van der Waals surface area (Å²) >= 11 is 11.9. The highest BCUT2D eigenvalue weighted by Crippen LogP contribution is 2.21. The molecule has 0 aromatic heterocycles. The molecule has 0 N–H and O–H groups in total. The summed E-state index contributed by atoms with van der Waals surface area (Å²) in [5.41, 5.74) is 1.62. The van der Waals surface area contributed by atoms with Gasteiger partial charge in [0.1, 0.15) is 5.75 Å². The molecule has 102 valence electrons. The first-order valence-electron chi connectivity index (χ1n) is 5.97. The summed E-state index contributed by atoms with van der Waals surface area (Å²) in [6, 6.07) is 12.3. The fourth-order valence-electron chi connectivity index (χ4n) is 1.60. The van der Waals surface area contributed by atoms with Crippen molar-refractivity contribution in [2.45, 2.75) is 6.92 Å². The van der Waals surface area contributed by atoms with Crippen LogP contribution in [0.5, 0.6) is 5.75 Å². The molecule has 0 amide bonds. The summed E-state index contributed by atoms with van der Waals surface area (Å²) in [4.78, 5) is 11.7. The van der Waals surface area contributed by atoms with Crippen molar-refractivity contribution in [3.63, 3.8) is 0 Å². The standard InChI is InChI=1S/C16H12Cl2O2/c1-11-10-13(7-8-14(11)17)20-16(19)9-6-12-4-2-3-5-15(12)18/h2-10H,1H3/b9-6+. The maximum atomic E-state index is 11.7. The van der Waals surface area contributed by atoms with Crippen LogP contribution >= 0.6 is 23.2 Å². The minimum atomic E-state index is -0.466. The third kappa shape index (κ3) is 3.86. The van der Waals surface area contributed by atoms with Gasteiger partial charge in [0.2, 0.25) is 0 Å². The van der Waals surface area contributed by atoms with Crippen molar-refractivity contribution in [2.75, 3.05) is 0 Å². The van der Waals surface area contributed by atoms with E-state index in [-0.39, 0.29) is 0 Å². The van der Waals surface area contributed by atoms with E-state index in [2.05, 4.69) is 0 Å². The number of rotatable bonds is 3. The zero-order valence-corrected chi connectivity index (χ0v) is 12.3. The van der Waals surface area contributed by atoms with Crippen LogP contribution < -0.4 is 4.74 Å². The molecule has 0 saturated carbocycles. The average molecular weight is 307 g/mol. The lowest BCUT2D eigenvalue weighted by molar-refractivity contribution is -0.128. The smallest absolute Gasteiger partial charge is 0.336 e. The van der Waals surface area contributed by atoms with Gasteiger partial charge in [-0.3, -0.25) is 0 Å². The van der Waals surface area contributed by atoms with Gasteiger partial charge in [-0.1, -0.05) is 41.4 Å². The van der Waals surface area contributed by atoms with Crippen molar-refractivity contribution in [1.29, 1.82) is 0 Å². The van der Waals surface area contributed by atoms with Gasteiger partial charge < -0.3 is 4.74 Å². The van der Waals surface area contributed by atoms with Crippen LogP contribution in [0.25, 0.3) is 6.08 Å². The predicted molar refractivity (Wildman–Crippen MR) is 82.3 cm³/mol. The van der Waals surface area contributed by atoms with Crippen molar-refractivity contribution in [1.82, 2.24) is 0 Å². The molecule has 0 atom stereocenters. The maximum absolute atomic E-state index is 11.7. The monoisotopic (exact) mass is 306 g/mol. The second kappa shape index (κ2) is 6.60. The van der Waals surface area contributed by atoms with Crippen LogP contribution in [-0.2, 0) is 4.79 Å². The third-order valence-electron chi connectivity index (χ3n) is 2.65. The minimum absolute atomic E-state index is 0.459. The van der Waals surface area contributed by atoms with Gasteiger partial charge in [0.25, 0.3) is 0 Å². The molecule has 0 aliphatic rings. The minimum Gasteiger partial charge on any atom is -0.423 e. The predicted octanol–water partition coefficient (Wildman–Crippen LogP) is 4.92. The lowest BCUT2D eigenvalue weighted by atomic mass is 10.2. The molecule has 0 bridgehead atoms. The van der Waals surface area contributed by atoms with Crippen molar-refractivity contribution >= 4 is 35.2 Å². The fourth-order valence-corrected chi connectivity index (χ4v) is 1.92. The Morgan fingerprint density at radius 1 is 1.10 bits per heavy atom. The van der Waals surface area contributed by atoms with Gasteiger partial charge in [-0.2, -0.15) is 0 Å². The van der Waals surface area contributed by atoms with Gasteiger partial charge in [-0.25, -0.2) is 4.79 Å². The van der Waals surface area contributed by atoms with E-state index in [9.17, 15) is 4.79 Å². The summed E-state index contributed by atoms with van der Waals surface area (Å²) in [5.74, 6) is -0.00708. The summed E-state index contributed by atoms with van der Waals surface area (Å²) < 4.78 is 5.18. The van der Waals surface area contributed by atoms with Crippen LogP contribution in [0, 0.1) is 6.92 Å². The Balaban J connectivity index is 2.06. The van der Waals surface area contributed by atoms with Crippen LogP contribution in [0.1, 0.15) is 11.1 Å². The SMILES string of the molecule is Cc1cc(OC(=O)/C=C/c2ccccc2Cl)ccc1Cl. The van der Waals surface area contributed by atoms with Crippen molar-refractivity contribution < 1.29 is 9.53 Å². The van der Waals surface area contributed by atoms with Crippen LogP contribution in [0.15, 0.2) is 48.5 Å². The molecule has 0 aliphatic heterocycles. The number of carbonyl (C=O) groups excluding carboxylic acids is 1.